The first-order valence-corrected chi connectivity index (χ1v) is 10.9. The van der Waals surface area contributed by atoms with E-state index >= 15 is 0 Å². The summed E-state index contributed by atoms with van der Waals surface area (Å²) in [5.41, 5.74) is 8.61. The summed E-state index contributed by atoms with van der Waals surface area (Å²) in [7, 11) is 0. The lowest BCUT2D eigenvalue weighted by atomic mass is 9.68. The van der Waals surface area contributed by atoms with Crippen molar-refractivity contribution < 1.29 is 4.74 Å². The molecule has 1 heterocycles. The maximum absolute atomic E-state index is 6.62. The van der Waals surface area contributed by atoms with Crippen molar-refractivity contribution in [3.8, 4) is 16.9 Å². The molecule has 28 heavy (non-hydrogen) atoms. The maximum atomic E-state index is 6.62. The molecule has 4 unspecified atom stereocenters. The van der Waals surface area contributed by atoms with Gasteiger partial charge in [0, 0.05) is 11.5 Å². The molecular weight excluding hydrogens is 340 g/mol. The van der Waals surface area contributed by atoms with Crippen molar-refractivity contribution >= 4 is 0 Å². The summed E-state index contributed by atoms with van der Waals surface area (Å²) >= 11 is 0. The van der Waals surface area contributed by atoms with Crippen LogP contribution in [0.4, 0.5) is 0 Å². The van der Waals surface area contributed by atoms with Crippen LogP contribution in [0.3, 0.4) is 0 Å². The molecule has 0 aromatic heterocycles. The van der Waals surface area contributed by atoms with Gasteiger partial charge in [0.2, 0.25) is 0 Å². The first-order chi connectivity index (χ1) is 13.3. The molecule has 1 saturated carbocycles. The Labute approximate surface area is 169 Å². The topological polar surface area (TPSA) is 9.23 Å². The van der Waals surface area contributed by atoms with Gasteiger partial charge in [0.1, 0.15) is 11.9 Å². The lowest BCUT2D eigenvalue weighted by Crippen LogP contribution is -2.36. The van der Waals surface area contributed by atoms with Gasteiger partial charge in [-0.15, -0.1) is 0 Å². The standard InChI is InChI=1S/C27H32O/c1-16-6-8-19-14-20(18-9-11-21(12-10-18)27(3,4)5)15-23-24(19)25-22(16)13-7-17(2)26(25)28-23/h9-12,14-15,17,22,25-26H,1,6-8,13H2,2-5H3. The SMILES string of the molecule is C=C1CCc2cc(-c3ccc(C(C)(C)C)cc3)cc3c2C2C1CCC(C)C2O3. The van der Waals surface area contributed by atoms with E-state index in [0.717, 1.165) is 18.6 Å². The number of allylic oxidation sites excluding steroid dienone is 1. The van der Waals surface area contributed by atoms with Gasteiger partial charge in [-0.05, 0) is 71.3 Å². The fourth-order valence-electron chi connectivity index (χ4n) is 5.71. The molecule has 0 bridgehead atoms. The fourth-order valence-corrected chi connectivity index (χ4v) is 5.71. The molecule has 1 heteroatoms. The smallest absolute Gasteiger partial charge is 0.124 e. The lowest BCUT2D eigenvalue weighted by Gasteiger charge is -2.37. The van der Waals surface area contributed by atoms with Gasteiger partial charge in [-0.25, -0.2) is 0 Å². The van der Waals surface area contributed by atoms with E-state index < -0.39 is 0 Å². The molecule has 2 aromatic carbocycles. The summed E-state index contributed by atoms with van der Waals surface area (Å²) in [5, 5.41) is 0. The second-order valence-electron chi connectivity index (χ2n) is 10.3. The summed E-state index contributed by atoms with van der Waals surface area (Å²) < 4.78 is 6.62. The zero-order valence-electron chi connectivity index (χ0n) is 17.7. The van der Waals surface area contributed by atoms with Crippen LogP contribution in [0.25, 0.3) is 11.1 Å². The normalized spacial score (nSPS) is 28.5. The number of hydrogen-bond acceptors (Lipinski definition) is 1. The van der Waals surface area contributed by atoms with Crippen molar-refractivity contribution in [3.63, 3.8) is 0 Å². The van der Waals surface area contributed by atoms with Gasteiger partial charge in [-0.3, -0.25) is 0 Å². The van der Waals surface area contributed by atoms with E-state index in [1.54, 1.807) is 0 Å². The quantitative estimate of drug-likeness (QED) is 0.488. The Kier molecular flexibility index (Phi) is 4.02. The van der Waals surface area contributed by atoms with Gasteiger partial charge in [0.05, 0.1) is 0 Å². The second kappa shape index (κ2) is 6.24. The Morgan fingerprint density at radius 1 is 0.964 bits per heavy atom. The molecule has 0 spiro atoms. The number of aryl methyl sites for hydroxylation is 1. The van der Waals surface area contributed by atoms with E-state index in [9.17, 15) is 0 Å². The van der Waals surface area contributed by atoms with E-state index in [2.05, 4.69) is 70.7 Å². The third kappa shape index (κ3) is 2.74. The van der Waals surface area contributed by atoms with Gasteiger partial charge in [-0.2, -0.15) is 0 Å². The minimum absolute atomic E-state index is 0.185. The first-order valence-electron chi connectivity index (χ1n) is 10.9. The molecule has 0 N–H and O–H groups in total. The number of benzene rings is 2. The van der Waals surface area contributed by atoms with E-state index in [0.29, 0.717) is 23.9 Å². The van der Waals surface area contributed by atoms with Crippen LogP contribution in [0.5, 0.6) is 5.75 Å². The molecule has 0 radical (unpaired) electrons. The molecule has 1 nitrogen and oxygen atoms in total. The first kappa shape index (κ1) is 18.0. The van der Waals surface area contributed by atoms with E-state index in [4.69, 9.17) is 4.74 Å². The van der Waals surface area contributed by atoms with Crippen LogP contribution < -0.4 is 4.74 Å². The highest BCUT2D eigenvalue weighted by Crippen LogP contribution is 2.56. The van der Waals surface area contributed by atoms with Crippen molar-refractivity contribution in [2.45, 2.75) is 70.8 Å². The molecule has 0 saturated heterocycles. The highest BCUT2D eigenvalue weighted by molar-refractivity contribution is 5.70. The van der Waals surface area contributed by atoms with Crippen LogP contribution in [0.1, 0.15) is 69.6 Å². The molecule has 1 aliphatic heterocycles. The Morgan fingerprint density at radius 3 is 2.43 bits per heavy atom. The Bertz CT molecular complexity index is 928. The van der Waals surface area contributed by atoms with Crippen molar-refractivity contribution in [2.24, 2.45) is 11.8 Å². The third-order valence-corrected chi connectivity index (χ3v) is 7.43. The van der Waals surface area contributed by atoms with Crippen LogP contribution >= 0.6 is 0 Å². The molecule has 4 atom stereocenters. The number of rotatable bonds is 1. The van der Waals surface area contributed by atoms with Crippen molar-refractivity contribution in [3.05, 3.63) is 65.2 Å². The van der Waals surface area contributed by atoms with Crippen molar-refractivity contribution in [1.82, 2.24) is 0 Å². The zero-order valence-corrected chi connectivity index (χ0v) is 17.7. The molecular formula is C27H32O. The van der Waals surface area contributed by atoms with E-state index in [1.165, 1.54) is 46.2 Å². The van der Waals surface area contributed by atoms with Gasteiger partial charge < -0.3 is 4.74 Å². The summed E-state index contributed by atoms with van der Waals surface area (Å²) in [6, 6.07) is 13.9. The molecule has 5 rings (SSSR count). The molecule has 1 fully saturated rings. The summed E-state index contributed by atoms with van der Waals surface area (Å²) in [5.74, 6) is 2.92. The van der Waals surface area contributed by atoms with E-state index in [-0.39, 0.29) is 5.41 Å². The molecule has 3 aliphatic rings. The van der Waals surface area contributed by atoms with Crippen LogP contribution in [-0.4, -0.2) is 6.10 Å². The van der Waals surface area contributed by atoms with Crippen LogP contribution in [0.15, 0.2) is 48.6 Å². The fraction of sp³-hybridized carbons (Fsp3) is 0.481. The van der Waals surface area contributed by atoms with Crippen LogP contribution in [0, 0.1) is 11.8 Å². The highest BCUT2D eigenvalue weighted by atomic mass is 16.5. The predicted molar refractivity (Wildman–Crippen MR) is 117 cm³/mol. The Hall–Kier alpha value is -2.02. The summed E-state index contributed by atoms with van der Waals surface area (Å²) in [6.45, 7) is 13.7. The molecule has 146 valence electrons. The van der Waals surface area contributed by atoms with Gasteiger partial charge in [0.25, 0.3) is 0 Å². The van der Waals surface area contributed by atoms with Gasteiger partial charge >= 0.3 is 0 Å². The Balaban J connectivity index is 1.59. The highest BCUT2D eigenvalue weighted by Gasteiger charge is 2.48. The van der Waals surface area contributed by atoms with Gasteiger partial charge in [0.15, 0.2) is 0 Å². The number of hydrogen-bond donors (Lipinski definition) is 0. The summed E-state index contributed by atoms with van der Waals surface area (Å²) in [6.07, 6.45) is 5.10. The van der Waals surface area contributed by atoms with Crippen LogP contribution in [0.2, 0.25) is 0 Å². The monoisotopic (exact) mass is 372 g/mol. The zero-order chi connectivity index (χ0) is 19.6. The molecule has 2 aliphatic carbocycles. The average Bonchev–Trinajstić information content (AvgIpc) is 2.99. The third-order valence-electron chi connectivity index (χ3n) is 7.43. The Morgan fingerprint density at radius 2 is 1.71 bits per heavy atom. The average molecular weight is 373 g/mol. The largest absolute Gasteiger partial charge is 0.489 e. The lowest BCUT2D eigenvalue weighted by molar-refractivity contribution is 0.0865. The second-order valence-corrected chi connectivity index (χ2v) is 10.3. The van der Waals surface area contributed by atoms with Crippen molar-refractivity contribution in [2.75, 3.05) is 0 Å². The van der Waals surface area contributed by atoms with Gasteiger partial charge in [-0.1, -0.05) is 70.2 Å². The number of ether oxygens (including phenoxy) is 1. The van der Waals surface area contributed by atoms with Crippen LogP contribution in [-0.2, 0) is 11.8 Å². The molecule has 0 amide bonds. The molecule has 2 aromatic rings. The minimum Gasteiger partial charge on any atom is -0.489 e. The summed E-state index contributed by atoms with van der Waals surface area (Å²) in [4.78, 5) is 0. The predicted octanol–water partition coefficient (Wildman–Crippen LogP) is 7.04. The maximum Gasteiger partial charge on any atom is 0.124 e. The van der Waals surface area contributed by atoms with E-state index in [1.807, 2.05) is 0 Å². The minimum atomic E-state index is 0.185. The van der Waals surface area contributed by atoms with Crippen molar-refractivity contribution in [1.29, 1.82) is 0 Å².